The predicted molar refractivity (Wildman–Crippen MR) is 149 cm³/mol. The van der Waals surface area contributed by atoms with Gasteiger partial charge in [0.05, 0.1) is 17.1 Å². The van der Waals surface area contributed by atoms with Crippen LogP contribution in [0.15, 0.2) is 45.5 Å². The van der Waals surface area contributed by atoms with Crippen LogP contribution in [-0.4, -0.2) is 44.2 Å². The van der Waals surface area contributed by atoms with Crippen molar-refractivity contribution in [2.45, 2.75) is 81.6 Å². The number of ether oxygens (including phenoxy) is 1. The molecule has 0 fully saturated rings. The van der Waals surface area contributed by atoms with Crippen LogP contribution in [-0.2, 0) is 4.74 Å². The van der Waals surface area contributed by atoms with Crippen LogP contribution in [0.1, 0.15) is 92.8 Å². The van der Waals surface area contributed by atoms with Crippen molar-refractivity contribution < 1.29 is 4.74 Å². The standard InChI is InChI=1S/C21H32N4.C5H12.C2H6O/c1-9-15(6)18(10-2)24-20(16(7)22-8)17-12-13-19(14(4)5)25-21(17)23-11-3;1-4-5(2)3;1-3-2/h9-10,12-14H,11H2,1-8H3,(H,23,25);5H,4H2,1-3H3;1-2H3/b15-9-,18-10+,22-16?,24-20?;;. The summed E-state index contributed by atoms with van der Waals surface area (Å²) in [5.74, 6) is 2.13. The third-order valence-corrected chi connectivity index (χ3v) is 4.94. The molecule has 1 heterocycles. The molecule has 0 aliphatic heterocycles. The predicted octanol–water partition coefficient (Wildman–Crippen LogP) is 7.70. The van der Waals surface area contributed by atoms with Gasteiger partial charge in [0.25, 0.3) is 0 Å². The quantitative estimate of drug-likeness (QED) is 0.321. The lowest BCUT2D eigenvalue weighted by atomic mass is 10.0. The molecular formula is C28H50N4O. The molecule has 188 valence electrons. The van der Waals surface area contributed by atoms with Gasteiger partial charge in [0.2, 0.25) is 0 Å². The molecule has 33 heavy (non-hydrogen) atoms. The Labute approximate surface area is 204 Å². The second kappa shape index (κ2) is 19.2. The zero-order valence-corrected chi connectivity index (χ0v) is 23.6. The van der Waals surface area contributed by atoms with Gasteiger partial charge in [-0.05, 0) is 64.2 Å². The lowest BCUT2D eigenvalue weighted by Crippen LogP contribution is -2.17. The minimum atomic E-state index is 0.379. The number of methoxy groups -OCH3 is 1. The lowest BCUT2D eigenvalue weighted by molar-refractivity contribution is 0.277. The molecule has 0 aliphatic carbocycles. The first kappa shape index (κ1) is 32.9. The van der Waals surface area contributed by atoms with Crippen molar-refractivity contribution in [2.24, 2.45) is 15.9 Å². The number of nitrogens with one attached hydrogen (secondary N) is 1. The zero-order chi connectivity index (χ0) is 26.0. The highest BCUT2D eigenvalue weighted by atomic mass is 16.4. The van der Waals surface area contributed by atoms with Crippen LogP contribution in [0.25, 0.3) is 0 Å². The molecule has 0 amide bonds. The van der Waals surface area contributed by atoms with Crippen molar-refractivity contribution in [2.75, 3.05) is 33.1 Å². The molecule has 0 unspecified atom stereocenters. The van der Waals surface area contributed by atoms with E-state index in [2.05, 4.69) is 81.7 Å². The maximum absolute atomic E-state index is 4.92. The molecule has 0 aromatic carbocycles. The molecule has 1 N–H and O–H groups in total. The van der Waals surface area contributed by atoms with Crippen LogP contribution in [0.4, 0.5) is 5.82 Å². The van der Waals surface area contributed by atoms with Gasteiger partial charge in [0, 0.05) is 39.1 Å². The van der Waals surface area contributed by atoms with Gasteiger partial charge in [-0.3, -0.25) is 4.99 Å². The van der Waals surface area contributed by atoms with Gasteiger partial charge in [-0.2, -0.15) is 0 Å². The molecule has 0 radical (unpaired) electrons. The molecular weight excluding hydrogens is 408 g/mol. The van der Waals surface area contributed by atoms with E-state index in [1.807, 2.05) is 26.8 Å². The Bertz CT molecular complexity index is 787. The van der Waals surface area contributed by atoms with Crippen LogP contribution in [0, 0.1) is 5.92 Å². The van der Waals surface area contributed by atoms with Gasteiger partial charge in [0.1, 0.15) is 5.82 Å². The average molecular weight is 459 g/mol. The number of rotatable bonds is 8. The molecule has 1 aromatic heterocycles. The van der Waals surface area contributed by atoms with E-state index in [-0.39, 0.29) is 0 Å². The number of aromatic nitrogens is 1. The fraction of sp³-hybridized carbons (Fsp3) is 0.607. The van der Waals surface area contributed by atoms with E-state index < -0.39 is 0 Å². The minimum absolute atomic E-state index is 0.379. The highest BCUT2D eigenvalue weighted by Gasteiger charge is 2.16. The van der Waals surface area contributed by atoms with Gasteiger partial charge in [-0.25, -0.2) is 9.98 Å². The Kier molecular flexibility index (Phi) is 19.2. The van der Waals surface area contributed by atoms with Crippen molar-refractivity contribution in [3.8, 4) is 0 Å². The van der Waals surface area contributed by atoms with E-state index in [1.165, 1.54) is 6.42 Å². The van der Waals surface area contributed by atoms with Gasteiger partial charge < -0.3 is 10.1 Å². The largest absolute Gasteiger partial charge is 0.388 e. The molecule has 0 saturated heterocycles. The van der Waals surface area contributed by atoms with Crippen LogP contribution < -0.4 is 5.32 Å². The first-order chi connectivity index (χ1) is 15.6. The summed E-state index contributed by atoms with van der Waals surface area (Å²) in [4.78, 5) is 14.1. The monoisotopic (exact) mass is 458 g/mol. The number of nitrogens with zero attached hydrogens (tertiary/aromatic N) is 3. The van der Waals surface area contributed by atoms with E-state index in [4.69, 9.17) is 9.98 Å². The SMILES string of the molecule is C/C=C(C)\C(=C/C)N=C(C(C)=NC)c1ccc(C(C)C)nc1NCC.CCC(C)C.COC. The van der Waals surface area contributed by atoms with Gasteiger partial charge >= 0.3 is 0 Å². The number of allylic oxidation sites excluding steroid dienone is 3. The number of hydrogen-bond acceptors (Lipinski definition) is 5. The lowest BCUT2D eigenvalue weighted by Gasteiger charge is -2.16. The van der Waals surface area contributed by atoms with Crippen molar-refractivity contribution in [3.05, 3.63) is 46.8 Å². The van der Waals surface area contributed by atoms with Crippen molar-refractivity contribution in [3.63, 3.8) is 0 Å². The first-order valence-corrected chi connectivity index (χ1v) is 12.0. The summed E-state index contributed by atoms with van der Waals surface area (Å²) < 4.78 is 4.25. The fourth-order valence-corrected chi connectivity index (χ4v) is 2.38. The summed E-state index contributed by atoms with van der Waals surface area (Å²) in [6.45, 7) is 21.9. The van der Waals surface area contributed by atoms with E-state index in [0.717, 1.165) is 52.2 Å². The number of aliphatic imine (C=N–C) groups is 2. The molecule has 0 bridgehead atoms. The van der Waals surface area contributed by atoms with E-state index in [0.29, 0.717) is 5.92 Å². The zero-order valence-electron chi connectivity index (χ0n) is 23.6. The normalized spacial score (nSPS) is 12.8. The third-order valence-electron chi connectivity index (χ3n) is 4.94. The molecule has 5 nitrogen and oxygen atoms in total. The highest BCUT2D eigenvalue weighted by Crippen LogP contribution is 2.22. The molecule has 1 rings (SSSR count). The Morgan fingerprint density at radius 2 is 1.61 bits per heavy atom. The second-order valence-corrected chi connectivity index (χ2v) is 8.44. The minimum Gasteiger partial charge on any atom is -0.388 e. The van der Waals surface area contributed by atoms with Gasteiger partial charge in [-0.15, -0.1) is 0 Å². The van der Waals surface area contributed by atoms with Crippen LogP contribution in [0.5, 0.6) is 0 Å². The summed E-state index contributed by atoms with van der Waals surface area (Å²) in [7, 11) is 5.05. The number of anilines is 1. The van der Waals surface area contributed by atoms with E-state index in [1.54, 1.807) is 21.3 Å². The fourth-order valence-electron chi connectivity index (χ4n) is 2.38. The summed E-state index contributed by atoms with van der Waals surface area (Å²) in [6.07, 6.45) is 5.40. The number of hydrogen-bond donors (Lipinski definition) is 1. The number of pyridine rings is 1. The van der Waals surface area contributed by atoms with Crippen molar-refractivity contribution >= 4 is 17.2 Å². The molecule has 0 spiro atoms. The Balaban J connectivity index is 0. The maximum atomic E-state index is 4.92. The second-order valence-electron chi connectivity index (χ2n) is 8.44. The van der Waals surface area contributed by atoms with Crippen molar-refractivity contribution in [1.82, 2.24) is 4.98 Å². The third kappa shape index (κ3) is 13.1. The van der Waals surface area contributed by atoms with Crippen LogP contribution in [0.2, 0.25) is 0 Å². The summed E-state index contributed by atoms with van der Waals surface area (Å²) in [5.41, 5.74) is 5.90. The van der Waals surface area contributed by atoms with Crippen LogP contribution in [0.3, 0.4) is 0 Å². The van der Waals surface area contributed by atoms with Crippen molar-refractivity contribution in [1.29, 1.82) is 0 Å². The van der Waals surface area contributed by atoms with Gasteiger partial charge in [-0.1, -0.05) is 53.2 Å². The summed E-state index contributed by atoms with van der Waals surface area (Å²) in [6, 6.07) is 4.18. The molecule has 0 atom stereocenters. The molecule has 0 aliphatic rings. The molecule has 0 saturated carbocycles. The molecule has 5 heteroatoms. The summed E-state index contributed by atoms with van der Waals surface area (Å²) in [5, 5.41) is 3.38. The average Bonchev–Trinajstić information content (AvgIpc) is 2.80. The Morgan fingerprint density at radius 3 is 1.97 bits per heavy atom. The Morgan fingerprint density at radius 1 is 1.06 bits per heavy atom. The van der Waals surface area contributed by atoms with Crippen LogP contribution >= 0.6 is 0 Å². The first-order valence-electron chi connectivity index (χ1n) is 12.0. The van der Waals surface area contributed by atoms with Gasteiger partial charge in [0.15, 0.2) is 0 Å². The highest BCUT2D eigenvalue weighted by molar-refractivity contribution is 6.48. The topological polar surface area (TPSA) is 58.9 Å². The molecule has 1 aromatic rings. The van der Waals surface area contributed by atoms with E-state index in [9.17, 15) is 0 Å². The Hall–Kier alpha value is -2.27. The maximum Gasteiger partial charge on any atom is 0.135 e. The smallest absolute Gasteiger partial charge is 0.135 e. The summed E-state index contributed by atoms with van der Waals surface area (Å²) >= 11 is 0. The van der Waals surface area contributed by atoms with E-state index >= 15 is 0 Å².